The number of nitrogens with zero attached hydrogens (tertiary/aromatic N) is 2. The van der Waals surface area contributed by atoms with Crippen molar-refractivity contribution in [2.45, 2.75) is 6.42 Å². The quantitative estimate of drug-likeness (QED) is 0.776. The van der Waals surface area contributed by atoms with Gasteiger partial charge < -0.3 is 25.0 Å². The molecule has 0 aromatic heterocycles. The van der Waals surface area contributed by atoms with Gasteiger partial charge in [-0.1, -0.05) is 0 Å². The summed E-state index contributed by atoms with van der Waals surface area (Å²) < 4.78 is 31.3. The highest BCUT2D eigenvalue weighted by Crippen LogP contribution is 2.24. The van der Waals surface area contributed by atoms with Gasteiger partial charge in [0.2, 0.25) is 0 Å². The Morgan fingerprint density at radius 3 is 2.26 bits per heavy atom. The molecule has 0 radical (unpaired) electrons. The molecule has 0 saturated carbocycles. The molecule has 10 heteroatoms. The molecule has 8 nitrogen and oxygen atoms in total. The van der Waals surface area contributed by atoms with E-state index in [1.54, 1.807) is 0 Å². The summed E-state index contributed by atoms with van der Waals surface area (Å²) >= 11 is 0. The van der Waals surface area contributed by atoms with Gasteiger partial charge in [0, 0.05) is 49.6 Å². The molecule has 1 saturated heterocycles. The highest BCUT2D eigenvalue weighted by Gasteiger charge is 2.25. The van der Waals surface area contributed by atoms with Gasteiger partial charge in [0.1, 0.15) is 17.4 Å². The molecule has 2 aromatic rings. The largest absolute Gasteiger partial charge is 0.507 e. The third-order valence-electron chi connectivity index (χ3n) is 4.83. The maximum atomic E-state index is 13.3. The SMILES string of the molecule is COC(=O)N1CCCN(C(=O)c2ccc(NC(=O)c3cc(F)cc(F)c3)cc2O)CC1. The van der Waals surface area contributed by atoms with Crippen LogP contribution < -0.4 is 5.32 Å². The molecule has 0 spiro atoms. The van der Waals surface area contributed by atoms with Crippen molar-refractivity contribution in [1.82, 2.24) is 9.80 Å². The number of ether oxygens (including phenoxy) is 1. The van der Waals surface area contributed by atoms with E-state index >= 15 is 0 Å². The van der Waals surface area contributed by atoms with Crippen molar-refractivity contribution in [3.8, 4) is 5.75 Å². The van der Waals surface area contributed by atoms with E-state index in [4.69, 9.17) is 4.74 Å². The monoisotopic (exact) mass is 433 g/mol. The number of carbonyl (C=O) groups is 3. The first-order valence-electron chi connectivity index (χ1n) is 9.51. The zero-order chi connectivity index (χ0) is 22.5. The van der Waals surface area contributed by atoms with Gasteiger partial charge in [-0.05, 0) is 30.7 Å². The van der Waals surface area contributed by atoms with Gasteiger partial charge in [-0.15, -0.1) is 0 Å². The van der Waals surface area contributed by atoms with Crippen molar-refractivity contribution in [3.05, 3.63) is 59.2 Å². The minimum absolute atomic E-state index is 0.0290. The fourth-order valence-electron chi connectivity index (χ4n) is 3.28. The Bertz CT molecular complexity index is 994. The van der Waals surface area contributed by atoms with E-state index in [1.807, 2.05) is 0 Å². The van der Waals surface area contributed by atoms with Crippen LogP contribution in [0.5, 0.6) is 5.75 Å². The number of hydrogen-bond acceptors (Lipinski definition) is 5. The van der Waals surface area contributed by atoms with Gasteiger partial charge in [0.05, 0.1) is 12.7 Å². The van der Waals surface area contributed by atoms with Crippen LogP contribution in [0.2, 0.25) is 0 Å². The highest BCUT2D eigenvalue weighted by molar-refractivity contribution is 6.05. The first-order chi connectivity index (χ1) is 14.8. The molecule has 2 N–H and O–H groups in total. The number of rotatable bonds is 3. The number of aromatic hydroxyl groups is 1. The molecule has 2 aromatic carbocycles. The standard InChI is InChI=1S/C21H21F2N3O5/c1-31-21(30)26-6-2-5-25(7-8-26)20(29)17-4-3-16(12-18(17)27)24-19(28)13-9-14(22)11-15(23)10-13/h3-4,9-12,27H,2,5-8H2,1H3,(H,24,28). The number of hydrogen-bond donors (Lipinski definition) is 2. The second kappa shape index (κ2) is 9.41. The third-order valence-corrected chi connectivity index (χ3v) is 4.83. The lowest BCUT2D eigenvalue weighted by atomic mass is 10.1. The number of amides is 3. The zero-order valence-corrected chi connectivity index (χ0v) is 16.7. The van der Waals surface area contributed by atoms with Crippen molar-refractivity contribution in [1.29, 1.82) is 0 Å². The van der Waals surface area contributed by atoms with Crippen LogP contribution in [0.3, 0.4) is 0 Å². The number of halogens is 2. The van der Waals surface area contributed by atoms with E-state index in [2.05, 4.69) is 5.32 Å². The maximum absolute atomic E-state index is 13.3. The van der Waals surface area contributed by atoms with Crippen LogP contribution in [0.1, 0.15) is 27.1 Å². The molecule has 0 atom stereocenters. The van der Waals surface area contributed by atoms with Crippen LogP contribution in [0.4, 0.5) is 19.3 Å². The van der Waals surface area contributed by atoms with E-state index in [1.165, 1.54) is 35.1 Å². The molecule has 1 aliphatic heterocycles. The normalized spacial score (nSPS) is 14.0. The predicted octanol–water partition coefficient (Wildman–Crippen LogP) is 2.84. The predicted molar refractivity (Wildman–Crippen MR) is 107 cm³/mol. The van der Waals surface area contributed by atoms with Gasteiger partial charge in [-0.3, -0.25) is 9.59 Å². The minimum Gasteiger partial charge on any atom is -0.507 e. The van der Waals surface area contributed by atoms with Crippen LogP contribution in [0.25, 0.3) is 0 Å². The Morgan fingerprint density at radius 2 is 1.61 bits per heavy atom. The smallest absolute Gasteiger partial charge is 0.409 e. The average molecular weight is 433 g/mol. The van der Waals surface area contributed by atoms with Gasteiger partial charge in [-0.2, -0.15) is 0 Å². The Hall–Kier alpha value is -3.69. The summed E-state index contributed by atoms with van der Waals surface area (Å²) in [5.41, 5.74) is -0.0466. The number of nitrogens with one attached hydrogen (secondary N) is 1. The van der Waals surface area contributed by atoms with E-state index in [-0.39, 0.29) is 29.1 Å². The van der Waals surface area contributed by atoms with E-state index < -0.39 is 29.5 Å². The van der Waals surface area contributed by atoms with Crippen LogP contribution in [0, 0.1) is 11.6 Å². The molecule has 3 amide bonds. The van der Waals surface area contributed by atoms with Crippen molar-refractivity contribution in [2.24, 2.45) is 0 Å². The number of carbonyl (C=O) groups excluding carboxylic acids is 3. The number of benzene rings is 2. The second-order valence-electron chi connectivity index (χ2n) is 6.95. The summed E-state index contributed by atoms with van der Waals surface area (Å²) in [5.74, 6) is -3.34. The maximum Gasteiger partial charge on any atom is 0.409 e. The van der Waals surface area contributed by atoms with E-state index in [0.717, 1.165) is 12.1 Å². The number of phenolic OH excluding ortho intramolecular Hbond substituents is 1. The summed E-state index contributed by atoms with van der Waals surface area (Å²) in [4.78, 5) is 39.7. The molecular formula is C21H21F2N3O5. The Labute approximate surface area is 177 Å². The van der Waals surface area contributed by atoms with Gasteiger partial charge in [0.25, 0.3) is 11.8 Å². The molecule has 0 unspecified atom stereocenters. The minimum atomic E-state index is -0.892. The Balaban J connectivity index is 1.69. The molecule has 0 aliphatic carbocycles. The lowest BCUT2D eigenvalue weighted by Gasteiger charge is -2.22. The Kier molecular flexibility index (Phi) is 6.68. The average Bonchev–Trinajstić information content (AvgIpc) is 2.98. The first-order valence-corrected chi connectivity index (χ1v) is 9.51. The highest BCUT2D eigenvalue weighted by atomic mass is 19.1. The fraction of sp³-hybridized carbons (Fsp3) is 0.286. The van der Waals surface area contributed by atoms with Gasteiger partial charge in [0.15, 0.2) is 0 Å². The lowest BCUT2D eigenvalue weighted by molar-refractivity contribution is 0.0754. The summed E-state index contributed by atoms with van der Waals surface area (Å²) in [7, 11) is 1.29. The van der Waals surface area contributed by atoms with Crippen LogP contribution in [0.15, 0.2) is 36.4 Å². The van der Waals surface area contributed by atoms with Crippen molar-refractivity contribution < 1.29 is 33.0 Å². The molecule has 31 heavy (non-hydrogen) atoms. The third kappa shape index (κ3) is 5.27. The first kappa shape index (κ1) is 22.0. The number of anilines is 1. The van der Waals surface area contributed by atoms with Crippen molar-refractivity contribution in [3.63, 3.8) is 0 Å². The van der Waals surface area contributed by atoms with Crippen molar-refractivity contribution >= 4 is 23.6 Å². The molecule has 0 bridgehead atoms. The van der Waals surface area contributed by atoms with Crippen molar-refractivity contribution in [2.75, 3.05) is 38.6 Å². The van der Waals surface area contributed by atoms with Gasteiger partial charge in [-0.25, -0.2) is 13.6 Å². The molecular weight excluding hydrogens is 412 g/mol. The molecule has 3 rings (SSSR count). The molecule has 1 heterocycles. The molecule has 1 aliphatic rings. The van der Waals surface area contributed by atoms with E-state index in [0.29, 0.717) is 32.1 Å². The summed E-state index contributed by atoms with van der Waals surface area (Å²) in [6, 6.07) is 6.34. The van der Waals surface area contributed by atoms with Gasteiger partial charge >= 0.3 is 6.09 Å². The number of phenols is 1. The summed E-state index contributed by atoms with van der Waals surface area (Å²) in [5, 5.41) is 12.7. The summed E-state index contributed by atoms with van der Waals surface area (Å²) in [6.07, 6.45) is 0.0929. The molecule has 1 fully saturated rings. The topological polar surface area (TPSA) is 99.2 Å². The van der Waals surface area contributed by atoms with Crippen LogP contribution in [-0.2, 0) is 4.74 Å². The van der Waals surface area contributed by atoms with E-state index in [9.17, 15) is 28.3 Å². The van der Waals surface area contributed by atoms with Crippen LogP contribution >= 0.6 is 0 Å². The van der Waals surface area contributed by atoms with Crippen LogP contribution in [-0.4, -0.2) is 66.1 Å². The molecule has 164 valence electrons. The number of methoxy groups -OCH3 is 1. The Morgan fingerprint density at radius 1 is 0.968 bits per heavy atom. The zero-order valence-electron chi connectivity index (χ0n) is 16.7. The summed E-state index contributed by atoms with van der Waals surface area (Å²) in [6.45, 7) is 1.43. The lowest BCUT2D eigenvalue weighted by Crippen LogP contribution is -2.37. The second-order valence-corrected chi connectivity index (χ2v) is 6.95. The fourth-order valence-corrected chi connectivity index (χ4v) is 3.28.